The molecule has 4 heteroatoms. The highest BCUT2D eigenvalue weighted by atomic mass is 14.8. The number of hydrogen-bond acceptors (Lipinski definition) is 1. The van der Waals surface area contributed by atoms with Crippen LogP contribution in [-0.4, -0.2) is 28.3 Å². The normalized spacial score (nSPS) is 29.8. The number of hydrogen-bond donors (Lipinski definition) is 1. The van der Waals surface area contributed by atoms with Crippen LogP contribution in [0.1, 0.15) is 19.8 Å². The van der Waals surface area contributed by atoms with E-state index in [-0.39, 0.29) is 0 Å². The Morgan fingerprint density at radius 3 is 3.17 bits per heavy atom. The van der Waals surface area contributed by atoms with E-state index in [0.717, 1.165) is 12.3 Å². The minimum absolute atomic E-state index is 0.868. The highest BCUT2D eigenvalue weighted by molar-refractivity contribution is 7.08. The number of fused-ring (bicyclic) bond motifs is 1. The standard InChI is InChI=1S/C8H16B3N/c1-6-2-4-11(9)8-7(6)3-5-12-10-8/h8,10,12H,2-5,9H2,1H3/t8-/m0/s1. The van der Waals surface area contributed by atoms with Crippen molar-refractivity contribution in [3.8, 4) is 0 Å². The molecule has 2 aliphatic heterocycles. The summed E-state index contributed by atoms with van der Waals surface area (Å²) >= 11 is 0. The van der Waals surface area contributed by atoms with Crippen LogP contribution in [-0.2, 0) is 0 Å². The van der Waals surface area contributed by atoms with Crippen LogP contribution in [0.4, 0.5) is 0 Å². The Kier molecular flexibility index (Phi) is 2.36. The van der Waals surface area contributed by atoms with Gasteiger partial charge in [-0.25, -0.2) is 0 Å². The molecule has 2 rings (SSSR count). The van der Waals surface area contributed by atoms with Gasteiger partial charge in [0.2, 0.25) is 0 Å². The largest absolute Gasteiger partial charge is 0.358 e. The summed E-state index contributed by atoms with van der Waals surface area (Å²) < 4.78 is 0. The molecule has 0 aromatic heterocycles. The topological polar surface area (TPSA) is 12.0 Å². The average molecular weight is 159 g/mol. The van der Waals surface area contributed by atoms with Crippen molar-refractivity contribution in [3.05, 3.63) is 11.1 Å². The van der Waals surface area contributed by atoms with Crippen LogP contribution < -0.4 is 5.23 Å². The van der Waals surface area contributed by atoms with Gasteiger partial charge in [0.15, 0.2) is 7.41 Å². The van der Waals surface area contributed by atoms with E-state index in [1.165, 1.54) is 33.1 Å². The van der Waals surface area contributed by atoms with E-state index in [9.17, 15) is 0 Å². The van der Waals surface area contributed by atoms with Crippen LogP contribution in [0.15, 0.2) is 11.1 Å². The van der Waals surface area contributed by atoms with Crippen molar-refractivity contribution in [1.29, 1.82) is 0 Å². The Balaban J connectivity index is 2.23. The van der Waals surface area contributed by atoms with Crippen molar-refractivity contribution in [3.63, 3.8) is 0 Å². The third-order valence-electron chi connectivity index (χ3n) is 3.59. The van der Waals surface area contributed by atoms with Crippen molar-refractivity contribution in [2.75, 3.05) is 6.54 Å². The van der Waals surface area contributed by atoms with Gasteiger partial charge < -0.3 is 5.23 Å². The summed E-state index contributed by atoms with van der Waals surface area (Å²) in [5, 5.41) is 3.50. The Morgan fingerprint density at radius 1 is 1.58 bits per heavy atom. The van der Waals surface area contributed by atoms with Crippen LogP contribution in [0.5, 0.6) is 0 Å². The van der Waals surface area contributed by atoms with E-state index >= 15 is 0 Å². The quantitative estimate of drug-likeness (QED) is 0.387. The molecular formula is C8H16B3N. The fraction of sp³-hybridized carbons (Fsp3) is 0.750. The van der Waals surface area contributed by atoms with Crippen molar-refractivity contribution in [2.45, 2.75) is 31.8 Å². The molecule has 1 N–H and O–H groups in total. The third-order valence-corrected chi connectivity index (χ3v) is 3.59. The van der Waals surface area contributed by atoms with Crippen molar-refractivity contribution in [1.82, 2.24) is 5.23 Å². The Labute approximate surface area is 77.1 Å². The minimum atomic E-state index is 0.868. The predicted octanol–water partition coefficient (Wildman–Crippen LogP) is 0.00370. The van der Waals surface area contributed by atoms with Gasteiger partial charge in [0.1, 0.15) is 6.60 Å². The SMILES string of the molecule is BB1CCC(C)=C2CCNB[C@@H]12. The van der Waals surface area contributed by atoms with E-state index < -0.39 is 0 Å². The lowest BCUT2D eigenvalue weighted by Crippen LogP contribution is -2.42. The Bertz CT molecular complexity index is 214. The van der Waals surface area contributed by atoms with Crippen LogP contribution in [0, 0.1) is 0 Å². The molecule has 1 atom stereocenters. The summed E-state index contributed by atoms with van der Waals surface area (Å²) in [5.41, 5.74) is 4.35. The molecule has 0 amide bonds. The summed E-state index contributed by atoms with van der Waals surface area (Å²) in [6, 6.07) is 0. The van der Waals surface area contributed by atoms with Crippen molar-refractivity contribution < 1.29 is 0 Å². The maximum absolute atomic E-state index is 3.50. The zero-order valence-corrected chi connectivity index (χ0v) is 8.19. The van der Waals surface area contributed by atoms with Crippen LogP contribution >= 0.6 is 0 Å². The Hall–Kier alpha value is -0.105. The smallest absolute Gasteiger partial charge is 0.200 e. The molecule has 0 radical (unpaired) electrons. The van der Waals surface area contributed by atoms with Crippen LogP contribution in [0.2, 0.25) is 12.0 Å². The van der Waals surface area contributed by atoms with E-state index in [4.69, 9.17) is 0 Å². The van der Waals surface area contributed by atoms with Gasteiger partial charge >= 0.3 is 0 Å². The van der Waals surface area contributed by atoms with Gasteiger partial charge in [0.05, 0.1) is 7.74 Å². The molecule has 0 aromatic carbocycles. The van der Waals surface area contributed by atoms with Gasteiger partial charge in [-0.05, 0) is 26.3 Å². The fourth-order valence-corrected chi connectivity index (χ4v) is 2.67. The molecule has 2 heterocycles. The van der Waals surface area contributed by atoms with E-state index in [1.54, 1.807) is 11.1 Å². The highest BCUT2D eigenvalue weighted by Crippen LogP contribution is 2.35. The number of rotatable bonds is 0. The lowest BCUT2D eigenvalue weighted by molar-refractivity contribution is 0.785. The molecule has 0 spiro atoms. The molecular weight excluding hydrogens is 143 g/mol. The van der Waals surface area contributed by atoms with E-state index in [2.05, 4.69) is 19.9 Å². The molecule has 0 bridgehead atoms. The van der Waals surface area contributed by atoms with Gasteiger partial charge in [0.25, 0.3) is 0 Å². The van der Waals surface area contributed by atoms with Gasteiger partial charge in [-0.15, -0.1) is 0 Å². The molecule has 0 aromatic rings. The molecule has 1 saturated heterocycles. The fourth-order valence-electron chi connectivity index (χ4n) is 2.67. The molecule has 1 nitrogen and oxygen atoms in total. The van der Waals surface area contributed by atoms with Crippen molar-refractivity contribution in [2.24, 2.45) is 0 Å². The second-order valence-corrected chi connectivity index (χ2v) is 4.38. The monoisotopic (exact) mass is 159 g/mol. The van der Waals surface area contributed by atoms with Crippen molar-refractivity contribution >= 4 is 21.8 Å². The summed E-state index contributed by atoms with van der Waals surface area (Å²) in [6.45, 7) is 4.45. The molecule has 2 aliphatic rings. The summed E-state index contributed by atoms with van der Waals surface area (Å²) in [7, 11) is 3.64. The molecule has 0 aliphatic carbocycles. The van der Waals surface area contributed by atoms with Gasteiger partial charge in [-0.3, -0.25) is 0 Å². The maximum atomic E-state index is 3.50. The third kappa shape index (κ3) is 1.37. The molecule has 62 valence electrons. The minimum Gasteiger partial charge on any atom is -0.358 e. The molecule has 0 unspecified atom stereocenters. The van der Waals surface area contributed by atoms with Gasteiger partial charge in [-0.2, -0.15) is 0 Å². The maximum Gasteiger partial charge on any atom is 0.200 e. The lowest BCUT2D eigenvalue weighted by atomic mass is 9.17. The second kappa shape index (κ2) is 3.33. The highest BCUT2D eigenvalue weighted by Gasteiger charge is 2.31. The molecule has 1 fully saturated rings. The van der Waals surface area contributed by atoms with Crippen LogP contribution in [0.3, 0.4) is 0 Å². The van der Waals surface area contributed by atoms with E-state index in [0.29, 0.717) is 0 Å². The average Bonchev–Trinajstić information content (AvgIpc) is 2.12. The predicted molar refractivity (Wildman–Crippen MR) is 59.9 cm³/mol. The zero-order valence-electron chi connectivity index (χ0n) is 8.19. The lowest BCUT2D eigenvalue weighted by Gasteiger charge is -2.34. The van der Waals surface area contributed by atoms with E-state index in [1.807, 2.05) is 0 Å². The number of nitrogens with one attached hydrogen (secondary N) is 1. The van der Waals surface area contributed by atoms with Crippen LogP contribution in [0.25, 0.3) is 0 Å². The summed E-state index contributed by atoms with van der Waals surface area (Å²) in [6.07, 6.45) is 4.06. The molecule has 12 heavy (non-hydrogen) atoms. The summed E-state index contributed by atoms with van der Waals surface area (Å²) in [5.74, 6) is 0. The second-order valence-electron chi connectivity index (χ2n) is 4.38. The summed E-state index contributed by atoms with van der Waals surface area (Å²) in [4.78, 5) is 0. The first kappa shape index (κ1) is 8.49. The van der Waals surface area contributed by atoms with Gasteiger partial charge in [0, 0.05) is 0 Å². The first-order chi connectivity index (χ1) is 5.79. The number of allylic oxidation sites excluding steroid dienone is 1. The first-order valence-electron chi connectivity index (χ1n) is 5.18. The Morgan fingerprint density at radius 2 is 2.42 bits per heavy atom. The first-order valence-corrected chi connectivity index (χ1v) is 5.18. The van der Waals surface area contributed by atoms with Gasteiger partial charge in [-0.1, -0.05) is 23.2 Å². The zero-order chi connectivity index (χ0) is 8.55. The molecule has 0 saturated carbocycles.